The van der Waals surface area contributed by atoms with E-state index in [0.717, 1.165) is 6.54 Å². The molecule has 0 heterocycles. The summed E-state index contributed by atoms with van der Waals surface area (Å²) >= 11 is 0. The second-order valence-corrected chi connectivity index (χ2v) is 5.38. The molecule has 0 bridgehead atoms. The van der Waals surface area contributed by atoms with E-state index in [1.165, 1.54) is 22.3 Å². The maximum atomic E-state index is 5.89. The van der Waals surface area contributed by atoms with E-state index in [2.05, 4.69) is 52.1 Å². The van der Waals surface area contributed by atoms with Gasteiger partial charge in [-0.05, 0) is 55.5 Å². The molecule has 0 aliphatic rings. The molecule has 1 rings (SSSR count). The summed E-state index contributed by atoms with van der Waals surface area (Å²) in [6.45, 7) is 12.6. The number of hydrogen-bond acceptors (Lipinski definition) is 2. The van der Waals surface area contributed by atoms with Gasteiger partial charge in [0.25, 0.3) is 0 Å². The molecule has 0 amide bonds. The summed E-state index contributed by atoms with van der Waals surface area (Å²) in [7, 11) is 0. The van der Waals surface area contributed by atoms with Gasteiger partial charge in [0.2, 0.25) is 0 Å². The van der Waals surface area contributed by atoms with Crippen LogP contribution in [0.4, 0.5) is 0 Å². The zero-order valence-corrected chi connectivity index (χ0v) is 11.8. The molecule has 3 N–H and O–H groups in total. The lowest BCUT2D eigenvalue weighted by molar-refractivity contribution is 0.477. The van der Waals surface area contributed by atoms with Crippen molar-refractivity contribution in [2.24, 2.45) is 11.7 Å². The van der Waals surface area contributed by atoms with Crippen LogP contribution in [0.3, 0.4) is 0 Å². The van der Waals surface area contributed by atoms with Crippen LogP contribution in [0, 0.1) is 26.7 Å². The summed E-state index contributed by atoms with van der Waals surface area (Å²) in [5.74, 6) is 0.649. The fourth-order valence-electron chi connectivity index (χ4n) is 2.06. The minimum absolute atomic E-state index is 0.275. The molecule has 96 valence electrons. The van der Waals surface area contributed by atoms with Gasteiger partial charge in [-0.25, -0.2) is 0 Å². The minimum Gasteiger partial charge on any atom is -0.329 e. The first-order chi connectivity index (χ1) is 7.95. The molecule has 1 unspecified atom stereocenters. The van der Waals surface area contributed by atoms with E-state index < -0.39 is 0 Å². The molecule has 1 aromatic rings. The Morgan fingerprint density at radius 3 is 2.18 bits per heavy atom. The van der Waals surface area contributed by atoms with Crippen LogP contribution >= 0.6 is 0 Å². The van der Waals surface area contributed by atoms with Gasteiger partial charge in [0.1, 0.15) is 0 Å². The highest BCUT2D eigenvalue weighted by Crippen LogP contribution is 2.21. The summed E-state index contributed by atoms with van der Waals surface area (Å²) in [5.41, 5.74) is 11.3. The average Bonchev–Trinajstić information content (AvgIpc) is 2.25. The van der Waals surface area contributed by atoms with Crippen molar-refractivity contribution in [3.8, 4) is 0 Å². The summed E-state index contributed by atoms with van der Waals surface area (Å²) in [4.78, 5) is 0. The molecular formula is C15H26N2. The molecule has 0 aromatic heterocycles. The fourth-order valence-corrected chi connectivity index (χ4v) is 2.06. The molecule has 1 atom stereocenters. The number of rotatable bonds is 5. The topological polar surface area (TPSA) is 38.0 Å². The van der Waals surface area contributed by atoms with Crippen LogP contribution in [0.15, 0.2) is 12.1 Å². The summed E-state index contributed by atoms with van der Waals surface area (Å²) in [6, 6.07) is 4.80. The van der Waals surface area contributed by atoms with E-state index in [9.17, 15) is 0 Å². The van der Waals surface area contributed by atoms with E-state index >= 15 is 0 Å². The summed E-state index contributed by atoms with van der Waals surface area (Å²) < 4.78 is 0. The van der Waals surface area contributed by atoms with Gasteiger partial charge in [-0.15, -0.1) is 0 Å². The van der Waals surface area contributed by atoms with Gasteiger partial charge >= 0.3 is 0 Å². The maximum absolute atomic E-state index is 5.89. The van der Waals surface area contributed by atoms with Crippen molar-refractivity contribution in [2.75, 3.05) is 13.1 Å². The van der Waals surface area contributed by atoms with Crippen LogP contribution in [0.5, 0.6) is 0 Å². The van der Waals surface area contributed by atoms with Crippen molar-refractivity contribution in [1.29, 1.82) is 0 Å². The SMILES string of the molecule is Cc1cc(C)c(C(CN)NCC(C)C)cc1C. The first-order valence-electron chi connectivity index (χ1n) is 6.47. The molecule has 0 radical (unpaired) electrons. The third kappa shape index (κ3) is 3.83. The lowest BCUT2D eigenvalue weighted by Crippen LogP contribution is -2.31. The second-order valence-electron chi connectivity index (χ2n) is 5.38. The van der Waals surface area contributed by atoms with Crippen molar-refractivity contribution < 1.29 is 0 Å². The molecule has 2 heteroatoms. The van der Waals surface area contributed by atoms with Crippen molar-refractivity contribution in [2.45, 2.75) is 40.7 Å². The molecule has 2 nitrogen and oxygen atoms in total. The van der Waals surface area contributed by atoms with E-state index in [0.29, 0.717) is 12.5 Å². The Kier molecular flexibility index (Phi) is 5.16. The van der Waals surface area contributed by atoms with Gasteiger partial charge < -0.3 is 11.1 Å². The molecule has 0 saturated heterocycles. The second kappa shape index (κ2) is 6.18. The summed E-state index contributed by atoms with van der Waals surface area (Å²) in [5, 5.41) is 3.55. The Balaban J connectivity index is 2.91. The number of aryl methyl sites for hydroxylation is 3. The van der Waals surface area contributed by atoms with Gasteiger partial charge in [-0.1, -0.05) is 26.0 Å². The Morgan fingerprint density at radius 2 is 1.65 bits per heavy atom. The molecule has 0 fully saturated rings. The molecule has 0 spiro atoms. The molecule has 17 heavy (non-hydrogen) atoms. The van der Waals surface area contributed by atoms with E-state index in [-0.39, 0.29) is 6.04 Å². The number of hydrogen-bond donors (Lipinski definition) is 2. The molecule has 0 aliphatic heterocycles. The monoisotopic (exact) mass is 234 g/mol. The Bertz CT molecular complexity index is 369. The maximum Gasteiger partial charge on any atom is 0.0447 e. The zero-order valence-electron chi connectivity index (χ0n) is 11.8. The van der Waals surface area contributed by atoms with Gasteiger partial charge in [-0.2, -0.15) is 0 Å². The third-order valence-electron chi connectivity index (χ3n) is 3.27. The first kappa shape index (κ1) is 14.2. The molecule has 0 aliphatic carbocycles. The summed E-state index contributed by atoms with van der Waals surface area (Å²) in [6.07, 6.45) is 0. The Morgan fingerprint density at radius 1 is 1.06 bits per heavy atom. The Hall–Kier alpha value is -0.860. The van der Waals surface area contributed by atoms with Gasteiger partial charge in [0, 0.05) is 12.6 Å². The largest absolute Gasteiger partial charge is 0.329 e. The van der Waals surface area contributed by atoms with E-state index in [1.54, 1.807) is 0 Å². The van der Waals surface area contributed by atoms with Crippen LogP contribution in [0.25, 0.3) is 0 Å². The van der Waals surface area contributed by atoms with Crippen LogP contribution < -0.4 is 11.1 Å². The van der Waals surface area contributed by atoms with Gasteiger partial charge in [0.05, 0.1) is 0 Å². The van der Waals surface area contributed by atoms with E-state index in [1.807, 2.05) is 0 Å². The van der Waals surface area contributed by atoms with Crippen molar-refractivity contribution >= 4 is 0 Å². The van der Waals surface area contributed by atoms with Crippen molar-refractivity contribution in [3.63, 3.8) is 0 Å². The van der Waals surface area contributed by atoms with Crippen LogP contribution in [-0.4, -0.2) is 13.1 Å². The molecular weight excluding hydrogens is 208 g/mol. The van der Waals surface area contributed by atoms with Gasteiger partial charge in [-0.3, -0.25) is 0 Å². The first-order valence-corrected chi connectivity index (χ1v) is 6.47. The number of nitrogens with two attached hydrogens (primary N) is 1. The van der Waals surface area contributed by atoms with Crippen LogP contribution in [0.2, 0.25) is 0 Å². The van der Waals surface area contributed by atoms with Gasteiger partial charge in [0.15, 0.2) is 0 Å². The predicted molar refractivity (Wildman–Crippen MR) is 75.3 cm³/mol. The zero-order chi connectivity index (χ0) is 13.0. The predicted octanol–water partition coefficient (Wildman–Crippen LogP) is 2.86. The quantitative estimate of drug-likeness (QED) is 0.822. The van der Waals surface area contributed by atoms with Crippen molar-refractivity contribution in [3.05, 3.63) is 34.4 Å². The third-order valence-corrected chi connectivity index (χ3v) is 3.27. The smallest absolute Gasteiger partial charge is 0.0447 e. The van der Waals surface area contributed by atoms with Crippen LogP contribution in [0.1, 0.15) is 42.1 Å². The van der Waals surface area contributed by atoms with Crippen molar-refractivity contribution in [1.82, 2.24) is 5.32 Å². The number of benzene rings is 1. The minimum atomic E-state index is 0.275. The van der Waals surface area contributed by atoms with Crippen LogP contribution in [-0.2, 0) is 0 Å². The lowest BCUT2D eigenvalue weighted by Gasteiger charge is -2.22. The van der Waals surface area contributed by atoms with E-state index in [4.69, 9.17) is 5.73 Å². The molecule has 1 aromatic carbocycles. The average molecular weight is 234 g/mol. The highest BCUT2D eigenvalue weighted by molar-refractivity contribution is 5.38. The highest BCUT2D eigenvalue weighted by Gasteiger charge is 2.13. The Labute approximate surface area is 106 Å². The number of nitrogens with one attached hydrogen (secondary N) is 1. The molecule has 0 saturated carbocycles. The highest BCUT2D eigenvalue weighted by atomic mass is 14.9. The lowest BCUT2D eigenvalue weighted by atomic mass is 9.95. The standard InChI is InChI=1S/C15H26N2/c1-10(2)9-17-15(8-16)14-7-12(4)11(3)6-13(14)5/h6-7,10,15,17H,8-9,16H2,1-5H3. The normalized spacial score (nSPS) is 13.1. The fraction of sp³-hybridized carbons (Fsp3) is 0.600.